The van der Waals surface area contributed by atoms with Crippen molar-refractivity contribution >= 4 is 43.6 Å². The predicted molar refractivity (Wildman–Crippen MR) is 138 cm³/mol. The standard InChI is InChI=1S/C28H22N2O3S/c31-34(32,28-19-10-21-6-4-5-7-22(21)20-28)33-27-17-15-26(16-18-27)30-25-13-11-24(12-14-25)29-23-8-2-1-3-9-23/h1-20,29-30H. The van der Waals surface area contributed by atoms with Crippen LogP contribution in [-0.2, 0) is 10.1 Å². The fourth-order valence-electron chi connectivity index (χ4n) is 3.58. The van der Waals surface area contributed by atoms with E-state index in [1.807, 2.05) is 78.9 Å². The molecule has 0 bridgehead atoms. The number of nitrogens with one attached hydrogen (secondary N) is 2. The maximum atomic E-state index is 12.7. The maximum Gasteiger partial charge on any atom is 0.339 e. The van der Waals surface area contributed by atoms with Crippen molar-refractivity contribution in [1.29, 1.82) is 0 Å². The Morgan fingerprint density at radius 1 is 0.500 bits per heavy atom. The van der Waals surface area contributed by atoms with Gasteiger partial charge in [0, 0.05) is 22.7 Å². The molecule has 168 valence electrons. The highest BCUT2D eigenvalue weighted by Crippen LogP contribution is 2.26. The fraction of sp³-hybridized carbons (Fsp3) is 0. The summed E-state index contributed by atoms with van der Waals surface area (Å²) in [5, 5.41) is 8.47. The molecule has 0 heterocycles. The molecule has 0 aromatic heterocycles. The van der Waals surface area contributed by atoms with Crippen LogP contribution in [0.3, 0.4) is 0 Å². The Kier molecular flexibility index (Phi) is 5.89. The van der Waals surface area contributed by atoms with E-state index in [2.05, 4.69) is 10.6 Å². The Morgan fingerprint density at radius 3 is 1.62 bits per heavy atom. The first-order valence-electron chi connectivity index (χ1n) is 10.8. The lowest BCUT2D eigenvalue weighted by molar-refractivity contribution is 0.486. The van der Waals surface area contributed by atoms with Gasteiger partial charge in [0.15, 0.2) is 0 Å². The molecular formula is C28H22N2O3S. The normalized spacial score (nSPS) is 11.2. The first-order chi connectivity index (χ1) is 16.5. The molecule has 0 saturated carbocycles. The second-order valence-electron chi connectivity index (χ2n) is 7.76. The van der Waals surface area contributed by atoms with Crippen molar-refractivity contribution in [2.45, 2.75) is 4.90 Å². The molecule has 5 nitrogen and oxygen atoms in total. The van der Waals surface area contributed by atoms with Crippen LogP contribution >= 0.6 is 0 Å². The van der Waals surface area contributed by atoms with Gasteiger partial charge in [-0.1, -0.05) is 48.5 Å². The van der Waals surface area contributed by atoms with E-state index in [9.17, 15) is 8.42 Å². The number of hydrogen-bond acceptors (Lipinski definition) is 5. The van der Waals surface area contributed by atoms with Crippen LogP contribution in [0.5, 0.6) is 5.75 Å². The molecule has 0 aliphatic carbocycles. The van der Waals surface area contributed by atoms with E-state index >= 15 is 0 Å². The summed E-state index contributed by atoms with van der Waals surface area (Å²) in [7, 11) is -3.93. The number of anilines is 4. The Labute approximate surface area is 198 Å². The van der Waals surface area contributed by atoms with Crippen molar-refractivity contribution in [3.05, 3.63) is 121 Å². The smallest absolute Gasteiger partial charge is 0.339 e. The molecule has 5 aromatic rings. The molecule has 0 saturated heterocycles. The first kappa shape index (κ1) is 21.6. The fourth-order valence-corrected chi connectivity index (χ4v) is 4.55. The molecule has 0 unspecified atom stereocenters. The topological polar surface area (TPSA) is 67.4 Å². The molecule has 0 amide bonds. The van der Waals surface area contributed by atoms with Gasteiger partial charge >= 0.3 is 10.1 Å². The number of benzene rings is 5. The van der Waals surface area contributed by atoms with Gasteiger partial charge in [0.05, 0.1) is 0 Å². The largest absolute Gasteiger partial charge is 0.379 e. The Morgan fingerprint density at radius 2 is 1.00 bits per heavy atom. The zero-order valence-corrected chi connectivity index (χ0v) is 19.0. The minimum Gasteiger partial charge on any atom is -0.379 e. The van der Waals surface area contributed by atoms with Gasteiger partial charge in [-0.05, 0) is 83.6 Å². The van der Waals surface area contributed by atoms with E-state index in [1.54, 1.807) is 42.5 Å². The van der Waals surface area contributed by atoms with E-state index in [0.29, 0.717) is 0 Å². The molecule has 0 aliphatic rings. The van der Waals surface area contributed by atoms with Gasteiger partial charge in [-0.2, -0.15) is 8.42 Å². The van der Waals surface area contributed by atoms with Gasteiger partial charge in [-0.15, -0.1) is 0 Å². The molecule has 34 heavy (non-hydrogen) atoms. The molecule has 5 rings (SSSR count). The summed E-state index contributed by atoms with van der Waals surface area (Å²) in [5.41, 5.74) is 3.74. The summed E-state index contributed by atoms with van der Waals surface area (Å²) in [6.45, 7) is 0. The van der Waals surface area contributed by atoms with Crippen LogP contribution < -0.4 is 14.8 Å². The highest BCUT2D eigenvalue weighted by atomic mass is 32.2. The maximum absolute atomic E-state index is 12.7. The van der Waals surface area contributed by atoms with Crippen LogP contribution in [0, 0.1) is 0 Å². The van der Waals surface area contributed by atoms with Gasteiger partial charge in [0.1, 0.15) is 10.6 Å². The van der Waals surface area contributed by atoms with Gasteiger partial charge in [0.2, 0.25) is 0 Å². The van der Waals surface area contributed by atoms with E-state index in [-0.39, 0.29) is 10.6 Å². The van der Waals surface area contributed by atoms with E-state index < -0.39 is 10.1 Å². The minimum absolute atomic E-state index is 0.123. The van der Waals surface area contributed by atoms with E-state index in [4.69, 9.17) is 4.18 Å². The summed E-state index contributed by atoms with van der Waals surface area (Å²) >= 11 is 0. The zero-order valence-electron chi connectivity index (χ0n) is 18.2. The van der Waals surface area contributed by atoms with Crippen molar-refractivity contribution in [1.82, 2.24) is 0 Å². The predicted octanol–water partition coefficient (Wildman–Crippen LogP) is 7.09. The Bertz CT molecular complexity index is 1520. The van der Waals surface area contributed by atoms with Gasteiger partial charge in [-0.3, -0.25) is 0 Å². The molecule has 0 spiro atoms. The van der Waals surface area contributed by atoms with E-state index in [0.717, 1.165) is 33.5 Å². The summed E-state index contributed by atoms with van der Waals surface area (Å²) in [6, 6.07) is 37.3. The van der Waals surface area contributed by atoms with E-state index in [1.165, 1.54) is 0 Å². The van der Waals surface area contributed by atoms with Crippen LogP contribution in [0.2, 0.25) is 0 Å². The van der Waals surface area contributed by atoms with Crippen molar-refractivity contribution in [3.8, 4) is 5.75 Å². The SMILES string of the molecule is O=S(=O)(Oc1ccc(Nc2ccc(Nc3ccccc3)cc2)cc1)c1ccc2ccccc2c1. The first-order valence-corrected chi connectivity index (χ1v) is 12.2. The molecule has 2 N–H and O–H groups in total. The lowest BCUT2D eigenvalue weighted by Crippen LogP contribution is -2.09. The van der Waals surface area contributed by atoms with Gasteiger partial charge < -0.3 is 14.8 Å². The van der Waals surface area contributed by atoms with Crippen molar-refractivity contribution < 1.29 is 12.6 Å². The molecular weight excluding hydrogens is 444 g/mol. The number of para-hydroxylation sites is 1. The number of fused-ring (bicyclic) bond motifs is 1. The van der Waals surface area contributed by atoms with Crippen molar-refractivity contribution in [2.24, 2.45) is 0 Å². The molecule has 5 aromatic carbocycles. The lowest BCUT2D eigenvalue weighted by atomic mass is 10.1. The number of rotatable bonds is 7. The molecule has 0 radical (unpaired) electrons. The highest BCUT2D eigenvalue weighted by Gasteiger charge is 2.17. The van der Waals surface area contributed by atoms with Crippen LogP contribution in [-0.4, -0.2) is 8.42 Å². The van der Waals surface area contributed by atoms with Gasteiger partial charge in [0.25, 0.3) is 0 Å². The third-order valence-electron chi connectivity index (χ3n) is 5.31. The average Bonchev–Trinajstić information content (AvgIpc) is 2.86. The quantitative estimate of drug-likeness (QED) is 0.251. The monoisotopic (exact) mass is 466 g/mol. The van der Waals surface area contributed by atoms with Crippen LogP contribution in [0.25, 0.3) is 10.8 Å². The molecule has 0 fully saturated rings. The van der Waals surface area contributed by atoms with Gasteiger partial charge in [-0.25, -0.2) is 0 Å². The summed E-state index contributed by atoms with van der Waals surface area (Å²) in [4.78, 5) is 0.123. The van der Waals surface area contributed by atoms with Crippen LogP contribution in [0.1, 0.15) is 0 Å². The lowest BCUT2D eigenvalue weighted by Gasteiger charge is -2.11. The number of hydrogen-bond donors (Lipinski definition) is 2. The zero-order chi connectivity index (χ0) is 23.4. The Balaban J connectivity index is 1.24. The van der Waals surface area contributed by atoms with Crippen LogP contribution in [0.4, 0.5) is 22.7 Å². The average molecular weight is 467 g/mol. The molecule has 0 aliphatic heterocycles. The summed E-state index contributed by atoms with van der Waals surface area (Å²) in [5.74, 6) is 0.251. The summed E-state index contributed by atoms with van der Waals surface area (Å²) in [6.07, 6.45) is 0. The van der Waals surface area contributed by atoms with Crippen molar-refractivity contribution in [3.63, 3.8) is 0 Å². The minimum atomic E-state index is -3.93. The second-order valence-corrected chi connectivity index (χ2v) is 9.31. The Hall–Kier alpha value is -4.29. The third kappa shape index (κ3) is 5.03. The second kappa shape index (κ2) is 9.29. The highest BCUT2D eigenvalue weighted by molar-refractivity contribution is 7.87. The molecule has 0 atom stereocenters. The van der Waals surface area contributed by atoms with Crippen molar-refractivity contribution in [2.75, 3.05) is 10.6 Å². The summed E-state index contributed by atoms with van der Waals surface area (Å²) < 4.78 is 30.8. The molecule has 6 heteroatoms. The van der Waals surface area contributed by atoms with Crippen LogP contribution in [0.15, 0.2) is 126 Å². The third-order valence-corrected chi connectivity index (χ3v) is 6.55.